The molecule has 0 atom stereocenters. The van der Waals surface area contributed by atoms with Crippen molar-refractivity contribution < 1.29 is 9.59 Å². The van der Waals surface area contributed by atoms with Crippen molar-refractivity contribution in [3.8, 4) is 0 Å². The topological polar surface area (TPSA) is 73.5 Å². The summed E-state index contributed by atoms with van der Waals surface area (Å²) in [7, 11) is 0. The number of anilines is 1. The quantitative estimate of drug-likeness (QED) is 0.560. The Morgan fingerprint density at radius 1 is 1.33 bits per heavy atom. The molecule has 0 aromatic heterocycles. The van der Waals surface area contributed by atoms with Gasteiger partial charge in [-0.2, -0.15) is 0 Å². The first kappa shape index (κ1) is 18.2. The van der Waals surface area contributed by atoms with Crippen LogP contribution in [0.1, 0.15) is 43.5 Å². The largest absolute Gasteiger partial charge is 0.361 e. The zero-order valence-corrected chi connectivity index (χ0v) is 14.9. The molecule has 1 aromatic carbocycles. The molecule has 0 spiro atoms. The molecule has 1 heterocycles. The molecule has 0 radical (unpaired) electrons. The number of carbonyl (C=O) groups is 2. The Morgan fingerprint density at radius 3 is 2.79 bits per heavy atom. The Balaban J connectivity index is 1.86. The van der Waals surface area contributed by atoms with Crippen molar-refractivity contribution in [1.82, 2.24) is 16.2 Å². The molecule has 0 saturated carbocycles. The molecular formula is C17H24N4O2S. The van der Waals surface area contributed by atoms with Gasteiger partial charge in [0.05, 0.1) is 0 Å². The average molecular weight is 348 g/mol. The van der Waals surface area contributed by atoms with Crippen molar-refractivity contribution in [3.05, 3.63) is 29.8 Å². The van der Waals surface area contributed by atoms with E-state index in [-0.39, 0.29) is 11.8 Å². The lowest BCUT2D eigenvalue weighted by Crippen LogP contribution is -2.47. The van der Waals surface area contributed by atoms with E-state index in [0.717, 1.165) is 25.1 Å². The normalized spacial score (nSPS) is 14.0. The monoisotopic (exact) mass is 348 g/mol. The van der Waals surface area contributed by atoms with E-state index in [1.165, 1.54) is 0 Å². The molecule has 1 aliphatic rings. The van der Waals surface area contributed by atoms with Crippen LogP contribution in [-0.4, -0.2) is 30.0 Å². The van der Waals surface area contributed by atoms with Crippen molar-refractivity contribution in [3.63, 3.8) is 0 Å². The zero-order chi connectivity index (χ0) is 17.5. The predicted octanol–water partition coefficient (Wildman–Crippen LogP) is 1.97. The minimum Gasteiger partial charge on any atom is -0.361 e. The van der Waals surface area contributed by atoms with E-state index >= 15 is 0 Å². The average Bonchev–Trinajstić information content (AvgIpc) is 2.98. The first-order valence-electron chi connectivity index (χ1n) is 8.22. The molecule has 1 aliphatic heterocycles. The van der Waals surface area contributed by atoms with E-state index in [0.29, 0.717) is 29.6 Å². The fourth-order valence-corrected chi connectivity index (χ4v) is 2.59. The number of benzene rings is 1. The van der Waals surface area contributed by atoms with Crippen molar-refractivity contribution >= 4 is 34.8 Å². The number of hydrogen-bond donors (Lipinski definition) is 3. The second-order valence-corrected chi connectivity index (χ2v) is 6.63. The maximum Gasteiger partial charge on any atom is 0.269 e. The Bertz CT molecular complexity index is 618. The van der Waals surface area contributed by atoms with Crippen molar-refractivity contribution in [1.29, 1.82) is 0 Å². The lowest BCUT2D eigenvalue weighted by molar-refractivity contribution is -0.117. The second kappa shape index (κ2) is 8.63. The summed E-state index contributed by atoms with van der Waals surface area (Å²) >= 11 is 5.11. The third-order valence-electron chi connectivity index (χ3n) is 3.79. The molecule has 1 fully saturated rings. The highest BCUT2D eigenvalue weighted by atomic mass is 32.1. The van der Waals surface area contributed by atoms with Crippen LogP contribution >= 0.6 is 12.2 Å². The summed E-state index contributed by atoms with van der Waals surface area (Å²) in [5.74, 6) is 0.392. The number of nitrogens with one attached hydrogen (secondary N) is 3. The summed E-state index contributed by atoms with van der Waals surface area (Å²) in [6.07, 6.45) is 2.42. The number of rotatable bonds is 5. The molecule has 7 heteroatoms. The summed E-state index contributed by atoms with van der Waals surface area (Å²) in [6, 6.07) is 7.03. The third kappa shape index (κ3) is 5.19. The van der Waals surface area contributed by atoms with E-state index in [9.17, 15) is 9.59 Å². The standard InChI is InChI=1S/C17H24N4O2S/c1-12(2)8-9-18-17(24)20-19-16(23)13-5-3-6-14(11-13)21-10-4-7-15(21)22/h3,5-6,11-12H,4,7-10H2,1-2H3,(H,19,23)(H2,18,20,24). The highest BCUT2D eigenvalue weighted by Crippen LogP contribution is 2.22. The molecule has 0 bridgehead atoms. The first-order chi connectivity index (χ1) is 11.5. The van der Waals surface area contributed by atoms with Gasteiger partial charge in [0.1, 0.15) is 0 Å². The molecule has 2 amide bonds. The van der Waals surface area contributed by atoms with Crippen LogP contribution < -0.4 is 21.1 Å². The number of nitrogens with zero attached hydrogens (tertiary/aromatic N) is 1. The van der Waals surface area contributed by atoms with Gasteiger partial charge in [-0.1, -0.05) is 19.9 Å². The fourth-order valence-electron chi connectivity index (χ4n) is 2.44. The summed E-state index contributed by atoms with van der Waals surface area (Å²) in [6.45, 7) is 5.73. The summed E-state index contributed by atoms with van der Waals surface area (Å²) in [5.41, 5.74) is 6.49. The van der Waals surface area contributed by atoms with Crippen LogP contribution in [0.5, 0.6) is 0 Å². The number of carbonyl (C=O) groups excluding carboxylic acids is 2. The summed E-state index contributed by atoms with van der Waals surface area (Å²) < 4.78 is 0. The maximum atomic E-state index is 12.2. The molecule has 0 aliphatic carbocycles. The minimum absolute atomic E-state index is 0.0983. The number of thiocarbonyl (C=S) groups is 1. The molecule has 130 valence electrons. The van der Waals surface area contributed by atoms with Gasteiger partial charge in [-0.25, -0.2) is 0 Å². The van der Waals surface area contributed by atoms with Crippen LogP contribution in [0.4, 0.5) is 5.69 Å². The van der Waals surface area contributed by atoms with Crippen LogP contribution in [0.3, 0.4) is 0 Å². The molecule has 6 nitrogen and oxygen atoms in total. The van der Waals surface area contributed by atoms with Gasteiger partial charge in [-0.15, -0.1) is 0 Å². The fraction of sp³-hybridized carbons (Fsp3) is 0.471. The molecule has 24 heavy (non-hydrogen) atoms. The van der Waals surface area contributed by atoms with Gasteiger partial charge in [0.25, 0.3) is 5.91 Å². The zero-order valence-electron chi connectivity index (χ0n) is 14.1. The van der Waals surface area contributed by atoms with Gasteiger partial charge in [-0.3, -0.25) is 20.4 Å². The van der Waals surface area contributed by atoms with Crippen molar-refractivity contribution in [2.45, 2.75) is 33.1 Å². The Labute approximate surface area is 148 Å². The number of amides is 2. The van der Waals surface area contributed by atoms with Crippen LogP contribution in [0, 0.1) is 5.92 Å². The minimum atomic E-state index is -0.295. The van der Waals surface area contributed by atoms with E-state index in [4.69, 9.17) is 12.2 Å². The third-order valence-corrected chi connectivity index (χ3v) is 4.04. The van der Waals surface area contributed by atoms with Gasteiger partial charge in [-0.05, 0) is 49.2 Å². The molecule has 1 aromatic rings. The van der Waals surface area contributed by atoms with E-state index in [1.54, 1.807) is 23.1 Å². The first-order valence-corrected chi connectivity index (χ1v) is 8.63. The van der Waals surface area contributed by atoms with Crippen LogP contribution in [0.15, 0.2) is 24.3 Å². The SMILES string of the molecule is CC(C)CCNC(=S)NNC(=O)c1cccc(N2CCCC2=O)c1. The maximum absolute atomic E-state index is 12.2. The molecule has 2 rings (SSSR count). The Morgan fingerprint density at radius 2 is 2.12 bits per heavy atom. The predicted molar refractivity (Wildman–Crippen MR) is 98.7 cm³/mol. The molecule has 3 N–H and O–H groups in total. The van der Waals surface area contributed by atoms with Gasteiger partial charge in [0.15, 0.2) is 5.11 Å². The second-order valence-electron chi connectivity index (χ2n) is 6.22. The Hall–Kier alpha value is -2.15. The number of hydrazine groups is 1. The van der Waals surface area contributed by atoms with Crippen LogP contribution in [0.2, 0.25) is 0 Å². The van der Waals surface area contributed by atoms with Crippen molar-refractivity contribution in [2.75, 3.05) is 18.0 Å². The molecule has 1 saturated heterocycles. The highest BCUT2D eigenvalue weighted by molar-refractivity contribution is 7.80. The van der Waals surface area contributed by atoms with E-state index in [2.05, 4.69) is 30.0 Å². The van der Waals surface area contributed by atoms with Crippen LogP contribution in [-0.2, 0) is 4.79 Å². The lowest BCUT2D eigenvalue weighted by Gasteiger charge is -2.17. The van der Waals surface area contributed by atoms with Crippen molar-refractivity contribution in [2.24, 2.45) is 5.92 Å². The van der Waals surface area contributed by atoms with Gasteiger partial charge >= 0.3 is 0 Å². The van der Waals surface area contributed by atoms with E-state index < -0.39 is 0 Å². The smallest absolute Gasteiger partial charge is 0.269 e. The number of hydrogen-bond acceptors (Lipinski definition) is 3. The van der Waals surface area contributed by atoms with E-state index in [1.807, 2.05) is 6.07 Å². The van der Waals surface area contributed by atoms with Crippen LogP contribution in [0.25, 0.3) is 0 Å². The summed E-state index contributed by atoms with van der Waals surface area (Å²) in [4.78, 5) is 25.7. The molecule has 0 unspecified atom stereocenters. The van der Waals surface area contributed by atoms with Gasteiger partial charge in [0.2, 0.25) is 5.91 Å². The van der Waals surface area contributed by atoms with Gasteiger partial charge < -0.3 is 10.2 Å². The molecular weight excluding hydrogens is 324 g/mol. The summed E-state index contributed by atoms with van der Waals surface area (Å²) in [5, 5.41) is 3.42. The Kier molecular flexibility index (Phi) is 6.54. The highest BCUT2D eigenvalue weighted by Gasteiger charge is 2.22. The van der Waals surface area contributed by atoms with Gasteiger partial charge in [0, 0.05) is 30.8 Å². The lowest BCUT2D eigenvalue weighted by atomic mass is 10.1.